The highest BCUT2D eigenvalue weighted by atomic mass is 32.1. The van der Waals surface area contributed by atoms with Crippen molar-refractivity contribution in [3.05, 3.63) is 106 Å². The Kier molecular flexibility index (Phi) is 14.2. The van der Waals surface area contributed by atoms with Crippen molar-refractivity contribution < 1.29 is 37.9 Å². The average Bonchev–Trinajstić information content (AvgIpc) is 4.19. The van der Waals surface area contributed by atoms with Crippen molar-refractivity contribution in [2.24, 2.45) is 5.92 Å². The summed E-state index contributed by atoms with van der Waals surface area (Å²) in [6, 6.07) is 17.9. The SMILES string of the molecule is Cc1ncsc1-c1ccc(CNC(=O)[C@@H]2CCCN2C(=O)[C@H](C(C)C)N2Cc3ccccc3C2=O)c(OCCOCCOc2cc(CN3CCC(Oc4ccnc5ccsc45)CC3)on2)c1. The largest absolute Gasteiger partial charge is 0.491 e. The molecule has 15 nitrogen and oxygen atoms in total. The van der Waals surface area contributed by atoms with Gasteiger partial charge in [-0.15, -0.1) is 22.7 Å². The Morgan fingerprint density at radius 3 is 2.56 bits per heavy atom. The van der Waals surface area contributed by atoms with E-state index in [1.807, 2.05) is 92.3 Å². The van der Waals surface area contributed by atoms with Crippen molar-refractivity contribution in [3.63, 3.8) is 0 Å². The number of nitrogens with zero attached hydrogens (tertiary/aromatic N) is 6. The zero-order valence-electron chi connectivity index (χ0n) is 37.5. The molecule has 2 aromatic carbocycles. The normalized spacial score (nSPS) is 17.2. The van der Waals surface area contributed by atoms with Gasteiger partial charge in [0.2, 0.25) is 11.8 Å². The Balaban J connectivity index is 0.732. The summed E-state index contributed by atoms with van der Waals surface area (Å²) < 4.78 is 31.0. The van der Waals surface area contributed by atoms with Crippen LogP contribution in [0.5, 0.6) is 17.4 Å². The van der Waals surface area contributed by atoms with E-state index in [-0.39, 0.29) is 42.9 Å². The Hall–Kier alpha value is -5.88. The van der Waals surface area contributed by atoms with Crippen LogP contribution in [0.25, 0.3) is 20.7 Å². The number of carbonyl (C=O) groups excluding carboxylic acids is 3. The number of aryl methyl sites for hydroxylation is 1. The summed E-state index contributed by atoms with van der Waals surface area (Å²) in [4.78, 5) is 57.0. The number of nitrogens with one attached hydrogen (secondary N) is 1. The lowest BCUT2D eigenvalue weighted by molar-refractivity contribution is -0.143. The number of amides is 3. The molecule has 0 unspecified atom stereocenters. The van der Waals surface area contributed by atoms with Crippen LogP contribution in [0.3, 0.4) is 0 Å². The van der Waals surface area contributed by atoms with Gasteiger partial charge in [0, 0.05) is 56.1 Å². The Labute approximate surface area is 392 Å². The molecule has 1 N–H and O–H groups in total. The van der Waals surface area contributed by atoms with E-state index >= 15 is 0 Å². The van der Waals surface area contributed by atoms with Crippen molar-refractivity contribution >= 4 is 50.6 Å². The van der Waals surface area contributed by atoms with Crippen LogP contribution in [0.2, 0.25) is 0 Å². The van der Waals surface area contributed by atoms with E-state index < -0.39 is 12.1 Å². The maximum atomic E-state index is 14.2. The smallest absolute Gasteiger partial charge is 0.255 e. The van der Waals surface area contributed by atoms with Gasteiger partial charge >= 0.3 is 0 Å². The van der Waals surface area contributed by atoms with Crippen molar-refractivity contribution in [3.8, 4) is 27.8 Å². The maximum Gasteiger partial charge on any atom is 0.255 e. The van der Waals surface area contributed by atoms with Crippen molar-refractivity contribution in [1.29, 1.82) is 0 Å². The summed E-state index contributed by atoms with van der Waals surface area (Å²) in [6.45, 7) is 10.5. The van der Waals surface area contributed by atoms with E-state index in [0.717, 1.165) is 74.9 Å². The van der Waals surface area contributed by atoms with Gasteiger partial charge in [-0.25, -0.2) is 4.98 Å². The number of piperidine rings is 1. The lowest BCUT2D eigenvalue weighted by Gasteiger charge is -2.35. The van der Waals surface area contributed by atoms with Crippen LogP contribution in [-0.2, 0) is 34.0 Å². The Bertz CT molecular complexity index is 2640. The lowest BCUT2D eigenvalue weighted by atomic mass is 10.0. The minimum absolute atomic E-state index is 0.137. The zero-order valence-corrected chi connectivity index (χ0v) is 39.1. The molecule has 0 saturated carbocycles. The number of hydrogen-bond donors (Lipinski definition) is 1. The Morgan fingerprint density at radius 2 is 1.76 bits per heavy atom. The number of benzene rings is 2. The van der Waals surface area contributed by atoms with Gasteiger partial charge in [-0.05, 0) is 84.5 Å². The summed E-state index contributed by atoms with van der Waals surface area (Å²) in [5, 5.41) is 9.24. The van der Waals surface area contributed by atoms with Crippen LogP contribution in [0.1, 0.15) is 72.5 Å². The predicted octanol–water partition coefficient (Wildman–Crippen LogP) is 7.52. The number of pyridine rings is 1. The summed E-state index contributed by atoms with van der Waals surface area (Å²) in [5.41, 5.74) is 7.01. The number of aromatic nitrogens is 3. The molecule has 66 heavy (non-hydrogen) atoms. The summed E-state index contributed by atoms with van der Waals surface area (Å²) in [7, 11) is 0. The summed E-state index contributed by atoms with van der Waals surface area (Å²) >= 11 is 3.21. The van der Waals surface area contributed by atoms with Crippen LogP contribution in [-0.4, -0.2) is 112 Å². The number of carbonyl (C=O) groups is 3. The molecule has 9 rings (SSSR count). The van der Waals surface area contributed by atoms with E-state index in [4.69, 9.17) is 23.5 Å². The second kappa shape index (κ2) is 20.7. The fourth-order valence-electron chi connectivity index (χ4n) is 9.09. The molecule has 17 heteroatoms. The number of rotatable bonds is 19. The summed E-state index contributed by atoms with van der Waals surface area (Å²) in [6.07, 6.45) is 5.06. The third kappa shape index (κ3) is 10.2. The molecular weight excluding hydrogens is 879 g/mol. The molecule has 0 spiro atoms. The topological polar surface area (TPSA) is 162 Å². The second-order valence-electron chi connectivity index (χ2n) is 17.3. The minimum Gasteiger partial charge on any atom is -0.491 e. The first-order chi connectivity index (χ1) is 32.2. The van der Waals surface area contributed by atoms with Crippen molar-refractivity contribution in [2.75, 3.05) is 46.1 Å². The van der Waals surface area contributed by atoms with Crippen LogP contribution >= 0.6 is 22.7 Å². The molecule has 7 heterocycles. The van der Waals surface area contributed by atoms with Crippen LogP contribution in [0, 0.1) is 12.8 Å². The first kappa shape index (κ1) is 45.3. The molecule has 2 atom stereocenters. The second-order valence-corrected chi connectivity index (χ2v) is 19.0. The molecule has 346 valence electrons. The summed E-state index contributed by atoms with van der Waals surface area (Å²) in [5.74, 6) is 1.98. The zero-order chi connectivity index (χ0) is 45.6. The number of thiophene rings is 1. The van der Waals surface area contributed by atoms with Gasteiger partial charge in [0.15, 0.2) is 5.76 Å². The van der Waals surface area contributed by atoms with Gasteiger partial charge in [-0.3, -0.25) is 24.3 Å². The average molecular weight is 934 g/mol. The number of ether oxygens (including phenoxy) is 4. The minimum atomic E-state index is -0.673. The third-order valence-electron chi connectivity index (χ3n) is 12.5. The van der Waals surface area contributed by atoms with Crippen molar-refractivity contribution in [2.45, 2.75) is 84.3 Å². The third-order valence-corrected chi connectivity index (χ3v) is 14.3. The molecule has 2 saturated heterocycles. The molecule has 6 aromatic rings. The van der Waals surface area contributed by atoms with Gasteiger partial charge in [0.05, 0.1) is 46.1 Å². The maximum absolute atomic E-state index is 14.2. The van der Waals surface area contributed by atoms with Gasteiger partial charge in [-0.2, -0.15) is 0 Å². The molecule has 3 aliphatic rings. The highest BCUT2D eigenvalue weighted by Gasteiger charge is 2.44. The Morgan fingerprint density at radius 1 is 0.924 bits per heavy atom. The van der Waals surface area contributed by atoms with Gasteiger partial charge < -0.3 is 38.6 Å². The molecule has 4 aromatic heterocycles. The fraction of sp³-hybridized carbons (Fsp3) is 0.429. The van der Waals surface area contributed by atoms with Crippen LogP contribution in [0.4, 0.5) is 0 Å². The van der Waals surface area contributed by atoms with E-state index in [9.17, 15) is 14.4 Å². The molecule has 3 amide bonds. The highest BCUT2D eigenvalue weighted by Crippen LogP contribution is 2.34. The molecular formula is C49H55N7O8S2. The first-order valence-corrected chi connectivity index (χ1v) is 24.5. The van der Waals surface area contributed by atoms with E-state index in [2.05, 4.69) is 25.3 Å². The quantitative estimate of drug-likeness (QED) is 0.0797. The van der Waals surface area contributed by atoms with Gasteiger partial charge in [0.25, 0.3) is 11.8 Å². The van der Waals surface area contributed by atoms with E-state index in [0.29, 0.717) is 69.5 Å². The number of likely N-dealkylation sites (tertiary alicyclic amines) is 2. The molecule has 3 aliphatic heterocycles. The fourth-order valence-corrected chi connectivity index (χ4v) is 10.7. The number of thiazole rings is 1. The predicted molar refractivity (Wildman–Crippen MR) is 251 cm³/mol. The molecule has 2 fully saturated rings. The standard InChI is InChI=1S/C49H55N7O8S2/c1-31(2)44(56-28-35-7-4-5-8-38(35)48(56)58)49(59)55-17-6-9-40(55)47(57)51-27-34-11-10-33(45-32(3)52-30-66-45)25-42(34)61-22-20-60-21-23-62-43-26-37(64-53-43)29-54-18-13-36(14-19-54)63-41-12-16-50-39-15-24-65-46(39)41/h4-5,7-8,10-12,15-16,24-26,30-31,36,40,44H,6,9,13-14,17-23,27-29H2,1-3H3,(H,51,57)/t40-,44-/m0/s1. The van der Waals surface area contributed by atoms with Crippen LogP contribution in [0.15, 0.2) is 82.3 Å². The van der Waals surface area contributed by atoms with E-state index in [1.54, 1.807) is 38.7 Å². The highest BCUT2D eigenvalue weighted by molar-refractivity contribution is 7.17. The number of hydrogen-bond acceptors (Lipinski definition) is 14. The molecule has 0 aliphatic carbocycles. The van der Waals surface area contributed by atoms with Gasteiger partial charge in [-0.1, -0.05) is 44.2 Å². The molecule has 0 radical (unpaired) electrons. The first-order valence-electron chi connectivity index (χ1n) is 22.7. The monoisotopic (exact) mass is 933 g/mol. The van der Waals surface area contributed by atoms with E-state index in [1.165, 1.54) is 0 Å². The number of fused-ring (bicyclic) bond motifs is 2. The lowest BCUT2D eigenvalue weighted by Crippen LogP contribution is -2.55. The van der Waals surface area contributed by atoms with Gasteiger partial charge in [0.1, 0.15) is 42.9 Å². The van der Waals surface area contributed by atoms with Crippen LogP contribution < -0.4 is 19.5 Å². The molecule has 0 bridgehead atoms. The van der Waals surface area contributed by atoms with Crippen molar-refractivity contribution in [1.82, 2.24) is 35.1 Å².